The highest BCUT2D eigenvalue weighted by molar-refractivity contribution is 6.31. The van der Waals surface area contributed by atoms with Crippen molar-refractivity contribution in [2.75, 3.05) is 5.32 Å². The van der Waals surface area contributed by atoms with Gasteiger partial charge in [0.15, 0.2) is 12.0 Å². The summed E-state index contributed by atoms with van der Waals surface area (Å²) in [5.41, 5.74) is 2.43. The van der Waals surface area contributed by atoms with Gasteiger partial charge >= 0.3 is 0 Å². The van der Waals surface area contributed by atoms with E-state index >= 15 is 0 Å². The van der Waals surface area contributed by atoms with Gasteiger partial charge in [-0.2, -0.15) is 0 Å². The molecule has 1 aliphatic rings. The second kappa shape index (κ2) is 8.67. The van der Waals surface area contributed by atoms with Crippen molar-refractivity contribution in [1.29, 1.82) is 0 Å². The molecule has 0 amide bonds. The Labute approximate surface area is 192 Å². The van der Waals surface area contributed by atoms with Gasteiger partial charge in [-0.1, -0.05) is 29.8 Å². The molecule has 0 radical (unpaired) electrons. The Balaban J connectivity index is 1.67. The predicted molar refractivity (Wildman–Crippen MR) is 124 cm³/mol. The molecule has 33 heavy (non-hydrogen) atoms. The van der Waals surface area contributed by atoms with Gasteiger partial charge in [0.2, 0.25) is 0 Å². The highest BCUT2D eigenvalue weighted by atomic mass is 35.5. The van der Waals surface area contributed by atoms with Gasteiger partial charge in [-0.25, -0.2) is 23.1 Å². The molecule has 5 rings (SSSR count). The van der Waals surface area contributed by atoms with Crippen LogP contribution in [0.2, 0.25) is 5.02 Å². The van der Waals surface area contributed by atoms with Crippen molar-refractivity contribution in [3.8, 4) is 11.4 Å². The number of benzene rings is 2. The number of rotatable bonds is 4. The molecule has 1 unspecified atom stereocenters. The number of allylic oxidation sites excluding steroid dienone is 4. The fraction of sp³-hybridized carbons (Fsp3) is 0.0800. The first-order valence-corrected chi connectivity index (χ1v) is 10.5. The van der Waals surface area contributed by atoms with Crippen LogP contribution in [0.3, 0.4) is 0 Å². The molecule has 4 nitrogen and oxygen atoms in total. The topological polar surface area (TPSA) is 50.7 Å². The molecule has 2 aromatic heterocycles. The summed E-state index contributed by atoms with van der Waals surface area (Å²) in [6.07, 6.45) is 4.82. The number of aromatic nitrogens is 3. The van der Waals surface area contributed by atoms with E-state index in [0.29, 0.717) is 39.4 Å². The van der Waals surface area contributed by atoms with Crippen LogP contribution in [0.25, 0.3) is 27.9 Å². The molecule has 1 aliphatic carbocycles. The van der Waals surface area contributed by atoms with Gasteiger partial charge in [0, 0.05) is 41.0 Å². The second-order valence-electron chi connectivity index (χ2n) is 7.49. The number of nitrogens with zero attached hydrogens (tertiary/aromatic N) is 3. The Bertz CT molecular complexity index is 1420. The number of alkyl halides is 1. The average molecular weight is 465 g/mol. The standard InChI is InChI=1S/C25H16ClF3N4/c26-19-12-16(7-9-20(19)27)31-25-18-8-6-14(17-4-1-5-21(28)23(17)29)11-22(18)32-24(33-25)15-3-2-10-30-13-15/h1-4,6-13,21H,5H2,(H,31,32,33). The minimum absolute atomic E-state index is 0.0184. The molecule has 0 saturated carbocycles. The van der Waals surface area contributed by atoms with Gasteiger partial charge in [0.05, 0.1) is 10.5 Å². The van der Waals surface area contributed by atoms with Crippen molar-refractivity contribution in [1.82, 2.24) is 15.0 Å². The molecule has 0 spiro atoms. The zero-order chi connectivity index (χ0) is 22.9. The first kappa shape index (κ1) is 21.2. The summed E-state index contributed by atoms with van der Waals surface area (Å²) >= 11 is 5.92. The Morgan fingerprint density at radius 1 is 1.00 bits per heavy atom. The molecular formula is C25H16ClF3N4. The van der Waals surface area contributed by atoms with Crippen LogP contribution in [0.15, 0.2) is 78.9 Å². The lowest BCUT2D eigenvalue weighted by atomic mass is 9.96. The van der Waals surface area contributed by atoms with Crippen molar-refractivity contribution in [3.05, 3.63) is 95.3 Å². The lowest BCUT2D eigenvalue weighted by Gasteiger charge is -2.15. The van der Waals surface area contributed by atoms with Crippen LogP contribution in [0, 0.1) is 5.82 Å². The maximum atomic E-state index is 14.5. The number of halogens is 4. The smallest absolute Gasteiger partial charge is 0.163 e. The van der Waals surface area contributed by atoms with Gasteiger partial charge < -0.3 is 5.32 Å². The lowest BCUT2D eigenvalue weighted by molar-refractivity contribution is 0.328. The van der Waals surface area contributed by atoms with Gasteiger partial charge in [0.25, 0.3) is 0 Å². The van der Waals surface area contributed by atoms with E-state index in [1.807, 2.05) is 6.07 Å². The summed E-state index contributed by atoms with van der Waals surface area (Å²) in [7, 11) is 0. The van der Waals surface area contributed by atoms with E-state index in [0.717, 1.165) is 0 Å². The van der Waals surface area contributed by atoms with Gasteiger partial charge in [-0.15, -0.1) is 0 Å². The predicted octanol–water partition coefficient (Wildman–Crippen LogP) is 7.21. The van der Waals surface area contributed by atoms with Crippen molar-refractivity contribution in [2.45, 2.75) is 12.6 Å². The summed E-state index contributed by atoms with van der Waals surface area (Å²) in [6, 6.07) is 13.0. The van der Waals surface area contributed by atoms with E-state index in [-0.39, 0.29) is 17.0 Å². The monoisotopic (exact) mass is 464 g/mol. The van der Waals surface area contributed by atoms with Crippen LogP contribution in [0.5, 0.6) is 0 Å². The molecule has 0 bridgehead atoms. The van der Waals surface area contributed by atoms with Gasteiger partial charge in [-0.05, 0) is 48.0 Å². The van der Waals surface area contributed by atoms with E-state index in [1.165, 1.54) is 12.1 Å². The van der Waals surface area contributed by atoms with Gasteiger partial charge in [0.1, 0.15) is 17.5 Å². The molecule has 2 heterocycles. The highest BCUT2D eigenvalue weighted by Gasteiger charge is 2.21. The third kappa shape index (κ3) is 4.19. The van der Waals surface area contributed by atoms with Crippen LogP contribution in [0.1, 0.15) is 12.0 Å². The third-order valence-corrected chi connectivity index (χ3v) is 5.56. The number of fused-ring (bicyclic) bond motifs is 1. The first-order chi connectivity index (χ1) is 16.0. The molecule has 0 fully saturated rings. The second-order valence-corrected chi connectivity index (χ2v) is 7.90. The summed E-state index contributed by atoms with van der Waals surface area (Å²) in [6.45, 7) is 0. The van der Waals surface area contributed by atoms with Crippen LogP contribution in [0.4, 0.5) is 24.7 Å². The van der Waals surface area contributed by atoms with Gasteiger partial charge in [-0.3, -0.25) is 4.98 Å². The zero-order valence-corrected chi connectivity index (χ0v) is 17.8. The Hall–Kier alpha value is -3.71. The van der Waals surface area contributed by atoms with E-state index in [2.05, 4.69) is 20.3 Å². The lowest BCUT2D eigenvalue weighted by Crippen LogP contribution is -2.06. The molecular weight excluding hydrogens is 449 g/mol. The highest BCUT2D eigenvalue weighted by Crippen LogP contribution is 2.34. The minimum atomic E-state index is -1.66. The van der Waals surface area contributed by atoms with Crippen LogP contribution >= 0.6 is 11.6 Å². The molecule has 0 aliphatic heterocycles. The number of hydrogen-bond acceptors (Lipinski definition) is 4. The number of pyridine rings is 1. The van der Waals surface area contributed by atoms with E-state index in [4.69, 9.17) is 11.6 Å². The van der Waals surface area contributed by atoms with Crippen LogP contribution in [-0.4, -0.2) is 21.1 Å². The van der Waals surface area contributed by atoms with Crippen LogP contribution < -0.4 is 5.32 Å². The largest absolute Gasteiger partial charge is 0.340 e. The molecule has 1 atom stereocenters. The Morgan fingerprint density at radius 2 is 1.88 bits per heavy atom. The maximum absolute atomic E-state index is 14.5. The number of hydrogen-bond donors (Lipinski definition) is 1. The summed E-state index contributed by atoms with van der Waals surface area (Å²) in [4.78, 5) is 13.4. The summed E-state index contributed by atoms with van der Waals surface area (Å²) < 4.78 is 42.0. The molecule has 4 aromatic rings. The van der Waals surface area contributed by atoms with Crippen molar-refractivity contribution >= 4 is 39.6 Å². The molecule has 2 aromatic carbocycles. The maximum Gasteiger partial charge on any atom is 0.163 e. The summed E-state index contributed by atoms with van der Waals surface area (Å²) in [5, 5.41) is 3.77. The fourth-order valence-corrected chi connectivity index (χ4v) is 3.80. The SMILES string of the molecule is FC1=C(c2ccc3c(Nc4ccc(F)c(Cl)c4)nc(-c4cccnc4)nc3c2)C=CCC1F. The first-order valence-electron chi connectivity index (χ1n) is 10.1. The summed E-state index contributed by atoms with van der Waals surface area (Å²) in [5.74, 6) is -0.485. The van der Waals surface area contributed by atoms with E-state index in [1.54, 1.807) is 54.9 Å². The number of anilines is 2. The fourth-order valence-electron chi connectivity index (χ4n) is 3.62. The molecule has 8 heteroatoms. The number of nitrogens with one attached hydrogen (secondary N) is 1. The zero-order valence-electron chi connectivity index (χ0n) is 17.1. The third-order valence-electron chi connectivity index (χ3n) is 5.27. The van der Waals surface area contributed by atoms with Crippen molar-refractivity contribution in [3.63, 3.8) is 0 Å². The van der Waals surface area contributed by atoms with E-state index in [9.17, 15) is 13.2 Å². The average Bonchev–Trinajstić information content (AvgIpc) is 2.83. The molecule has 164 valence electrons. The minimum Gasteiger partial charge on any atom is -0.340 e. The normalized spacial score (nSPS) is 15.8. The van der Waals surface area contributed by atoms with Crippen molar-refractivity contribution in [2.24, 2.45) is 0 Å². The Morgan fingerprint density at radius 3 is 2.67 bits per heavy atom. The van der Waals surface area contributed by atoms with E-state index < -0.39 is 17.8 Å². The Kier molecular flexibility index (Phi) is 5.56. The molecule has 0 saturated heterocycles. The molecule has 1 N–H and O–H groups in total. The van der Waals surface area contributed by atoms with Crippen molar-refractivity contribution < 1.29 is 13.2 Å². The van der Waals surface area contributed by atoms with Crippen LogP contribution in [-0.2, 0) is 0 Å². The quantitative estimate of drug-likeness (QED) is 0.347.